The molecule has 4 saturated heterocycles. The molecule has 1 spiro atoms. The van der Waals surface area contributed by atoms with Crippen LogP contribution in [0.3, 0.4) is 0 Å². The normalized spacial score (nSPS) is 22.1. The number of methoxy groups -OCH3 is 1. The first-order valence-electron chi connectivity index (χ1n) is 26.1. The van der Waals surface area contributed by atoms with Crippen LogP contribution >= 0.6 is 23.1 Å². The van der Waals surface area contributed by atoms with E-state index in [1.807, 2.05) is 24.3 Å². The molecule has 2 saturated carbocycles. The Hall–Kier alpha value is -6.01. The van der Waals surface area contributed by atoms with Crippen LogP contribution in [0, 0.1) is 5.41 Å². The molecule has 12 rings (SSSR count). The lowest BCUT2D eigenvalue weighted by atomic mass is 9.60. The van der Waals surface area contributed by atoms with Crippen molar-refractivity contribution in [2.24, 2.45) is 5.41 Å². The first kappa shape index (κ1) is 48.9. The zero-order valence-corrected chi connectivity index (χ0v) is 44.6. The van der Waals surface area contributed by atoms with Crippen molar-refractivity contribution < 1.29 is 28.5 Å². The van der Waals surface area contributed by atoms with E-state index >= 15 is 0 Å². The Kier molecular flexibility index (Phi) is 12.7. The van der Waals surface area contributed by atoms with Crippen molar-refractivity contribution in [1.82, 2.24) is 40.0 Å². The van der Waals surface area contributed by atoms with E-state index in [0.29, 0.717) is 72.8 Å². The number of imide groups is 2. The SMILES string of the molecule is COc1cc(N2CCC(N3CCN(C4CC5(CCN(c6ccc7c(c6)C(=O)N(C6CCC(=O)NC6=O)C7=O)CC5)C4)CC3)CC2)c(C2CC2)cc1Nc1ncc(Br)c(Nc2ccc3nccnc3c2P(C)(C)=O)n1. The molecule has 1 unspecified atom stereocenters. The van der Waals surface area contributed by atoms with Gasteiger partial charge in [0.2, 0.25) is 17.8 Å². The minimum atomic E-state index is -2.78. The monoisotopic (exact) mass is 1080 g/mol. The van der Waals surface area contributed by atoms with Gasteiger partial charge in [-0.25, -0.2) is 4.98 Å². The quantitative estimate of drug-likeness (QED) is 0.0834. The van der Waals surface area contributed by atoms with Gasteiger partial charge in [-0.15, -0.1) is 0 Å². The summed E-state index contributed by atoms with van der Waals surface area (Å²) in [5.41, 5.74) is 7.29. The number of nitrogens with zero attached hydrogens (tertiary/aromatic N) is 9. The average Bonchev–Trinajstić information content (AvgIpc) is 4.21. The van der Waals surface area contributed by atoms with Crippen molar-refractivity contribution in [3.05, 3.63) is 82.2 Å². The Labute approximate surface area is 438 Å². The van der Waals surface area contributed by atoms with Gasteiger partial charge in [-0.1, -0.05) is 0 Å². The molecule has 0 radical (unpaired) electrons. The number of anilines is 6. The molecule has 18 nitrogen and oxygen atoms in total. The second kappa shape index (κ2) is 19.3. The van der Waals surface area contributed by atoms with Crippen molar-refractivity contribution >= 4 is 97.6 Å². The summed E-state index contributed by atoms with van der Waals surface area (Å²) in [5.74, 6) is 0.259. The van der Waals surface area contributed by atoms with Crippen LogP contribution < -0.4 is 35.8 Å². The third-order valence-corrected chi connectivity index (χ3v) is 19.0. The first-order valence-corrected chi connectivity index (χ1v) is 29.5. The second-order valence-electron chi connectivity index (χ2n) is 21.8. The molecule has 2 aliphatic carbocycles. The molecule has 20 heteroatoms. The fraction of sp³-hybridized carbons (Fsp3) is 0.481. The molecule has 0 bridgehead atoms. The molecule has 3 N–H and O–H groups in total. The Balaban J connectivity index is 0.632. The van der Waals surface area contributed by atoms with Crippen molar-refractivity contribution in [3.63, 3.8) is 0 Å². The van der Waals surface area contributed by atoms with Gasteiger partial charge in [0.1, 0.15) is 30.3 Å². The number of piperazine rings is 1. The number of carbonyl (C=O) groups excluding carboxylic acids is 4. The average molecular weight is 1090 g/mol. The number of amides is 4. The maximum absolute atomic E-state index is 13.6. The highest BCUT2D eigenvalue weighted by Gasteiger charge is 2.49. The number of fused-ring (bicyclic) bond motifs is 2. The van der Waals surface area contributed by atoms with Gasteiger partial charge in [-0.05, 0) is 140 Å². The van der Waals surface area contributed by atoms with Gasteiger partial charge in [0.05, 0.1) is 44.9 Å². The number of carbonyl (C=O) groups is 4. The number of nitrogens with one attached hydrogen (secondary N) is 3. The summed E-state index contributed by atoms with van der Waals surface area (Å²) in [6.45, 7) is 11.7. The summed E-state index contributed by atoms with van der Waals surface area (Å²) in [7, 11) is -1.07. The third kappa shape index (κ3) is 9.21. The number of ether oxygens (including phenoxy) is 1. The van der Waals surface area contributed by atoms with E-state index in [1.54, 1.807) is 45.1 Å². The van der Waals surface area contributed by atoms with Crippen molar-refractivity contribution in [2.45, 2.75) is 88.3 Å². The van der Waals surface area contributed by atoms with E-state index in [9.17, 15) is 23.7 Å². The summed E-state index contributed by atoms with van der Waals surface area (Å²) < 4.78 is 20.3. The predicted octanol–water partition coefficient (Wildman–Crippen LogP) is 7.24. The lowest BCUT2D eigenvalue weighted by molar-refractivity contribution is -0.136. The van der Waals surface area contributed by atoms with Gasteiger partial charge in [0.15, 0.2) is 0 Å². The van der Waals surface area contributed by atoms with Crippen LogP contribution in [0.1, 0.15) is 96.4 Å². The number of hydrogen-bond acceptors (Lipinski definition) is 16. The molecule has 2 aromatic heterocycles. The fourth-order valence-electron chi connectivity index (χ4n) is 12.7. The Morgan fingerprint density at radius 1 is 0.757 bits per heavy atom. The highest BCUT2D eigenvalue weighted by Crippen LogP contribution is 2.52. The summed E-state index contributed by atoms with van der Waals surface area (Å²) >= 11 is 3.63. The van der Waals surface area contributed by atoms with Gasteiger partial charge < -0.3 is 29.7 Å². The lowest BCUT2D eigenvalue weighted by Gasteiger charge is -2.57. The smallest absolute Gasteiger partial charge is 0.262 e. The minimum Gasteiger partial charge on any atom is -0.494 e. The molecule has 1 atom stereocenters. The molecular formula is C54H62BrN12O6P. The number of halogens is 1. The molecule has 386 valence electrons. The number of benzene rings is 3. The van der Waals surface area contributed by atoms with E-state index in [0.717, 1.165) is 100 Å². The number of hydrogen-bond donors (Lipinski definition) is 3. The summed E-state index contributed by atoms with van der Waals surface area (Å²) in [4.78, 5) is 80.9. The van der Waals surface area contributed by atoms with Crippen LogP contribution in [0.15, 0.2) is 65.5 Å². The number of aromatic nitrogens is 4. The largest absolute Gasteiger partial charge is 0.494 e. The molecule has 5 aliphatic heterocycles. The molecule has 7 heterocycles. The van der Waals surface area contributed by atoms with E-state index in [4.69, 9.17) is 9.72 Å². The Morgan fingerprint density at radius 3 is 2.18 bits per heavy atom. The molecular weight excluding hydrogens is 1020 g/mol. The maximum atomic E-state index is 13.6. The van der Waals surface area contributed by atoms with Gasteiger partial charge in [-0.3, -0.25) is 49.2 Å². The van der Waals surface area contributed by atoms with Crippen LogP contribution in [0.4, 0.5) is 34.5 Å². The molecule has 7 aliphatic rings. The molecule has 3 aromatic carbocycles. The van der Waals surface area contributed by atoms with E-state index in [-0.39, 0.29) is 18.7 Å². The van der Waals surface area contributed by atoms with Gasteiger partial charge in [0, 0.05) is 107 Å². The number of rotatable bonds is 12. The summed E-state index contributed by atoms with van der Waals surface area (Å²) in [5, 5.41) is 9.77. The summed E-state index contributed by atoms with van der Waals surface area (Å²) in [6.07, 6.45) is 14.5. The lowest BCUT2D eigenvalue weighted by Crippen LogP contribution is -2.60. The number of piperidine rings is 3. The maximum Gasteiger partial charge on any atom is 0.262 e. The highest BCUT2D eigenvalue weighted by atomic mass is 79.9. The van der Waals surface area contributed by atoms with Crippen LogP contribution in [0.5, 0.6) is 5.75 Å². The Bertz CT molecular complexity index is 3140. The zero-order chi connectivity index (χ0) is 51.0. The highest BCUT2D eigenvalue weighted by molar-refractivity contribution is 9.10. The van der Waals surface area contributed by atoms with Crippen LogP contribution in [0.25, 0.3) is 11.0 Å². The van der Waals surface area contributed by atoms with Gasteiger partial charge in [0.25, 0.3) is 11.8 Å². The van der Waals surface area contributed by atoms with Crippen molar-refractivity contribution in [2.75, 3.05) is 93.2 Å². The van der Waals surface area contributed by atoms with E-state index < -0.39 is 30.9 Å². The fourth-order valence-corrected chi connectivity index (χ4v) is 14.4. The molecule has 5 aromatic rings. The van der Waals surface area contributed by atoms with Crippen LogP contribution in [-0.4, -0.2) is 149 Å². The second-order valence-corrected chi connectivity index (χ2v) is 25.8. The first-order chi connectivity index (χ1) is 35.7. The van der Waals surface area contributed by atoms with Crippen molar-refractivity contribution in [1.29, 1.82) is 0 Å². The Morgan fingerprint density at radius 2 is 1.47 bits per heavy atom. The summed E-state index contributed by atoms with van der Waals surface area (Å²) in [6, 6.07) is 13.9. The van der Waals surface area contributed by atoms with Crippen LogP contribution in [-0.2, 0) is 14.2 Å². The van der Waals surface area contributed by atoms with Gasteiger partial charge in [-0.2, -0.15) is 4.98 Å². The minimum absolute atomic E-state index is 0.102. The van der Waals surface area contributed by atoms with Crippen LogP contribution in [0.2, 0.25) is 0 Å². The molecule has 4 amide bonds. The predicted molar refractivity (Wildman–Crippen MR) is 288 cm³/mol. The standard InChI is InChI=1S/C54H62BrN12O6P/c1-73-45-28-44(37(32-4-5-32)27-42(45)60-53-58-31-39(55)49(62-53)59-41-9-8-40-47(57-17-16-56-40)48(41)74(2,3)72)66-18-12-33(13-19-66)64-22-24-65(25-23-64)35-29-54(30-35)14-20-63(21-15-54)34-6-7-36-38(26-34)52(71)67(51(36)70)43-10-11-46(68)61-50(43)69/h6-9,16-17,26-28,31-33,35,43H,4-5,10-15,18-25,29-30H2,1-3H3,(H,61,68,69)(H2,58,59,60,62). The topological polar surface area (TPSA) is 198 Å². The molecule has 6 fully saturated rings. The zero-order valence-electron chi connectivity index (χ0n) is 42.1. The third-order valence-electron chi connectivity index (χ3n) is 16.9. The van der Waals surface area contributed by atoms with Crippen molar-refractivity contribution in [3.8, 4) is 5.75 Å². The van der Waals surface area contributed by atoms with Gasteiger partial charge >= 0.3 is 0 Å². The molecule has 74 heavy (non-hydrogen) atoms. The van der Waals surface area contributed by atoms with E-state index in [1.165, 1.54) is 36.9 Å². The van der Waals surface area contributed by atoms with E-state index in [2.05, 4.69) is 78.6 Å².